The molecule has 2 nitrogen and oxygen atoms in total. The molecule has 120 valence electrons. The molecule has 1 aromatic rings. The Hall–Kier alpha value is 0.1000. The van der Waals surface area contributed by atoms with Crippen molar-refractivity contribution in [3.8, 4) is 0 Å². The van der Waals surface area contributed by atoms with Crippen molar-refractivity contribution in [1.29, 1.82) is 0 Å². The summed E-state index contributed by atoms with van der Waals surface area (Å²) in [6, 6.07) is 7.34. The Morgan fingerprint density at radius 1 is 1.10 bits per heavy atom. The summed E-state index contributed by atoms with van der Waals surface area (Å²) < 4.78 is 2.17. The number of halogens is 2. The summed E-state index contributed by atoms with van der Waals surface area (Å²) in [6.07, 6.45) is 2.33. The second kappa shape index (κ2) is 9.29. The summed E-state index contributed by atoms with van der Waals surface area (Å²) in [7, 11) is 0. The average molecular weight is 420 g/mol. The molecular weight excluding hydrogens is 392 g/mol. The fourth-order valence-electron chi connectivity index (χ4n) is 2.89. The van der Waals surface area contributed by atoms with E-state index in [2.05, 4.69) is 82.7 Å². The van der Waals surface area contributed by atoms with Gasteiger partial charge in [-0.15, -0.1) is 0 Å². The quantitative estimate of drug-likeness (QED) is 0.614. The molecule has 1 aromatic carbocycles. The number of benzene rings is 1. The van der Waals surface area contributed by atoms with Gasteiger partial charge in [-0.25, -0.2) is 0 Å². The molecule has 0 saturated carbocycles. The van der Waals surface area contributed by atoms with E-state index < -0.39 is 0 Å². The van der Waals surface area contributed by atoms with Crippen LogP contribution in [0.25, 0.3) is 0 Å². The summed E-state index contributed by atoms with van der Waals surface area (Å²) in [5, 5.41) is 0. The summed E-state index contributed by atoms with van der Waals surface area (Å²) in [6.45, 7) is 10.8. The van der Waals surface area contributed by atoms with Crippen molar-refractivity contribution in [2.45, 2.75) is 52.6 Å². The predicted octanol–water partition coefficient (Wildman–Crippen LogP) is 5.36. The molecule has 0 saturated heterocycles. The molecule has 0 aliphatic carbocycles. The second-order valence-corrected chi connectivity index (χ2v) is 7.69. The molecule has 0 aromatic heterocycles. The Morgan fingerprint density at radius 2 is 1.71 bits per heavy atom. The van der Waals surface area contributed by atoms with Crippen LogP contribution in [0.15, 0.2) is 27.1 Å². The predicted molar refractivity (Wildman–Crippen MR) is 99.6 cm³/mol. The van der Waals surface area contributed by atoms with E-state index in [0.717, 1.165) is 28.3 Å². The molecule has 1 atom stereocenters. The van der Waals surface area contributed by atoms with Gasteiger partial charge in [-0.05, 0) is 68.3 Å². The second-order valence-electron chi connectivity index (χ2n) is 5.99. The number of hydrogen-bond donors (Lipinski definition) is 1. The molecule has 0 spiro atoms. The van der Waals surface area contributed by atoms with Crippen LogP contribution in [0, 0.1) is 5.92 Å². The highest BCUT2D eigenvalue weighted by Crippen LogP contribution is 2.31. The van der Waals surface area contributed by atoms with Crippen LogP contribution in [-0.4, -0.2) is 24.0 Å². The van der Waals surface area contributed by atoms with Crippen LogP contribution >= 0.6 is 31.9 Å². The third-order valence-corrected chi connectivity index (χ3v) is 5.82. The van der Waals surface area contributed by atoms with Crippen molar-refractivity contribution in [1.82, 2.24) is 4.90 Å². The largest absolute Gasteiger partial charge is 0.329 e. The van der Waals surface area contributed by atoms with E-state index in [4.69, 9.17) is 5.73 Å². The number of nitrogens with two attached hydrogens (primary N) is 1. The van der Waals surface area contributed by atoms with Gasteiger partial charge in [0.05, 0.1) is 0 Å². The minimum atomic E-state index is 0.279. The van der Waals surface area contributed by atoms with E-state index in [1.165, 1.54) is 5.56 Å². The third kappa shape index (κ3) is 5.34. The first-order valence-corrected chi connectivity index (χ1v) is 9.43. The zero-order valence-corrected chi connectivity index (χ0v) is 16.7. The molecule has 4 heteroatoms. The van der Waals surface area contributed by atoms with Gasteiger partial charge < -0.3 is 5.73 Å². The van der Waals surface area contributed by atoms with Gasteiger partial charge in [0.15, 0.2) is 0 Å². The topological polar surface area (TPSA) is 29.3 Å². The first kappa shape index (κ1) is 19.1. The Morgan fingerprint density at radius 3 is 2.14 bits per heavy atom. The van der Waals surface area contributed by atoms with E-state index in [0.29, 0.717) is 18.5 Å². The number of rotatable bonds is 8. The Labute approximate surface area is 146 Å². The van der Waals surface area contributed by atoms with E-state index in [9.17, 15) is 0 Å². The van der Waals surface area contributed by atoms with Crippen molar-refractivity contribution >= 4 is 31.9 Å². The number of nitrogens with zero attached hydrogens (tertiary/aromatic N) is 1. The molecule has 0 fully saturated rings. The lowest BCUT2D eigenvalue weighted by atomic mass is 9.99. The molecular formula is C17H28Br2N2. The summed E-state index contributed by atoms with van der Waals surface area (Å²) in [4.78, 5) is 2.60. The van der Waals surface area contributed by atoms with Crippen molar-refractivity contribution in [3.63, 3.8) is 0 Å². The standard InChI is InChI=1S/C17H28Br2N2/c1-5-14(6-2)21(11-12(3)4)17(10-20)13-7-8-15(18)16(19)9-13/h7-9,12,14,17H,5-6,10-11,20H2,1-4H3. The highest BCUT2D eigenvalue weighted by Gasteiger charge is 2.25. The van der Waals surface area contributed by atoms with E-state index in [1.54, 1.807) is 0 Å². The Bertz CT molecular complexity index is 431. The zero-order chi connectivity index (χ0) is 16.0. The SMILES string of the molecule is CCC(CC)N(CC(C)C)C(CN)c1ccc(Br)c(Br)c1. The van der Waals surface area contributed by atoms with Crippen molar-refractivity contribution in [2.24, 2.45) is 11.7 Å². The van der Waals surface area contributed by atoms with Gasteiger partial charge in [-0.2, -0.15) is 0 Å². The highest BCUT2D eigenvalue weighted by molar-refractivity contribution is 9.13. The fourth-order valence-corrected chi connectivity index (χ4v) is 3.54. The lowest BCUT2D eigenvalue weighted by Crippen LogP contribution is -2.43. The molecule has 0 heterocycles. The monoisotopic (exact) mass is 418 g/mol. The van der Waals surface area contributed by atoms with Crippen LogP contribution in [0.5, 0.6) is 0 Å². The first-order valence-electron chi connectivity index (χ1n) is 7.85. The van der Waals surface area contributed by atoms with Gasteiger partial charge >= 0.3 is 0 Å². The molecule has 1 rings (SSSR count). The minimum absolute atomic E-state index is 0.279. The van der Waals surface area contributed by atoms with Crippen LogP contribution in [0.1, 0.15) is 52.1 Å². The molecule has 2 N–H and O–H groups in total. The van der Waals surface area contributed by atoms with Crippen LogP contribution in [0.2, 0.25) is 0 Å². The normalized spacial score (nSPS) is 13.4. The van der Waals surface area contributed by atoms with Crippen molar-refractivity contribution in [2.75, 3.05) is 13.1 Å². The van der Waals surface area contributed by atoms with Crippen molar-refractivity contribution in [3.05, 3.63) is 32.7 Å². The molecule has 1 unspecified atom stereocenters. The van der Waals surface area contributed by atoms with Gasteiger partial charge in [0.1, 0.15) is 0 Å². The van der Waals surface area contributed by atoms with Crippen LogP contribution in [0.3, 0.4) is 0 Å². The van der Waals surface area contributed by atoms with Gasteiger partial charge in [0.2, 0.25) is 0 Å². The van der Waals surface area contributed by atoms with E-state index >= 15 is 0 Å². The molecule has 0 amide bonds. The lowest BCUT2D eigenvalue weighted by Gasteiger charge is -2.38. The van der Waals surface area contributed by atoms with Crippen LogP contribution < -0.4 is 5.73 Å². The minimum Gasteiger partial charge on any atom is -0.329 e. The van der Waals surface area contributed by atoms with Gasteiger partial charge in [-0.1, -0.05) is 33.8 Å². The first-order chi connectivity index (χ1) is 9.94. The van der Waals surface area contributed by atoms with Crippen LogP contribution in [0.4, 0.5) is 0 Å². The highest BCUT2D eigenvalue weighted by atomic mass is 79.9. The fraction of sp³-hybridized carbons (Fsp3) is 0.647. The van der Waals surface area contributed by atoms with Gasteiger partial charge in [0.25, 0.3) is 0 Å². The Kier molecular flexibility index (Phi) is 8.47. The van der Waals surface area contributed by atoms with Crippen LogP contribution in [-0.2, 0) is 0 Å². The summed E-state index contributed by atoms with van der Waals surface area (Å²) in [5.41, 5.74) is 7.44. The maximum Gasteiger partial charge on any atom is 0.0473 e. The maximum atomic E-state index is 6.15. The van der Waals surface area contributed by atoms with E-state index in [-0.39, 0.29) is 6.04 Å². The number of hydrogen-bond acceptors (Lipinski definition) is 2. The van der Waals surface area contributed by atoms with E-state index in [1.807, 2.05) is 0 Å². The lowest BCUT2D eigenvalue weighted by molar-refractivity contribution is 0.112. The summed E-state index contributed by atoms with van der Waals surface area (Å²) >= 11 is 7.15. The Balaban J connectivity index is 3.12. The zero-order valence-electron chi connectivity index (χ0n) is 13.6. The smallest absolute Gasteiger partial charge is 0.0473 e. The average Bonchev–Trinajstić information content (AvgIpc) is 2.44. The maximum absolute atomic E-state index is 6.15. The molecule has 21 heavy (non-hydrogen) atoms. The van der Waals surface area contributed by atoms with Gasteiger partial charge in [-0.3, -0.25) is 4.90 Å². The molecule has 0 aliphatic rings. The third-order valence-electron chi connectivity index (χ3n) is 3.94. The summed E-state index contributed by atoms with van der Waals surface area (Å²) in [5.74, 6) is 0.638. The molecule has 0 bridgehead atoms. The molecule has 0 radical (unpaired) electrons. The molecule has 0 aliphatic heterocycles. The van der Waals surface area contributed by atoms with Gasteiger partial charge in [0, 0.05) is 34.1 Å². The van der Waals surface area contributed by atoms with Crippen molar-refractivity contribution < 1.29 is 0 Å².